The fourth-order valence-corrected chi connectivity index (χ4v) is 3.56. The summed E-state index contributed by atoms with van der Waals surface area (Å²) < 4.78 is 4.24. The average Bonchev–Trinajstić information content (AvgIpc) is 2.96. The maximum atomic E-state index is 12.4. The number of hydrogen-bond acceptors (Lipinski definition) is 4. The number of aryl methyl sites for hydroxylation is 1. The van der Waals surface area contributed by atoms with Crippen LogP contribution in [0, 0.1) is 6.92 Å². The molecule has 3 rings (SSSR count). The van der Waals surface area contributed by atoms with E-state index in [0.29, 0.717) is 31.5 Å². The van der Waals surface area contributed by atoms with Gasteiger partial charge in [-0.05, 0) is 49.5 Å². The van der Waals surface area contributed by atoms with Gasteiger partial charge in [-0.15, -0.1) is 0 Å². The van der Waals surface area contributed by atoms with Crippen LogP contribution in [0.3, 0.4) is 0 Å². The van der Waals surface area contributed by atoms with Crippen LogP contribution in [0.2, 0.25) is 0 Å². The molecule has 1 aliphatic rings. The van der Waals surface area contributed by atoms with Gasteiger partial charge in [0.1, 0.15) is 5.60 Å². The Morgan fingerprint density at radius 2 is 1.95 bits per heavy atom. The molecule has 1 fully saturated rings. The van der Waals surface area contributed by atoms with E-state index in [1.54, 1.807) is 0 Å². The summed E-state index contributed by atoms with van der Waals surface area (Å²) in [6.07, 6.45) is 1.13. The van der Waals surface area contributed by atoms with Crippen molar-refractivity contribution in [2.24, 2.45) is 0 Å². The van der Waals surface area contributed by atoms with Gasteiger partial charge in [0.2, 0.25) is 0 Å². The van der Waals surface area contributed by atoms with Gasteiger partial charge in [-0.1, -0.05) is 18.2 Å². The summed E-state index contributed by atoms with van der Waals surface area (Å²) in [6.45, 7) is 3.07. The van der Waals surface area contributed by atoms with E-state index in [-0.39, 0.29) is 5.91 Å². The first-order valence-electron chi connectivity index (χ1n) is 7.09. The fourth-order valence-electron chi connectivity index (χ4n) is 2.67. The maximum Gasteiger partial charge on any atom is 0.253 e. The zero-order valence-corrected chi connectivity index (χ0v) is 12.8. The van der Waals surface area contributed by atoms with Crippen molar-refractivity contribution in [1.29, 1.82) is 0 Å². The predicted octanol–water partition coefficient (Wildman–Crippen LogP) is 2.58. The molecule has 0 aliphatic carbocycles. The number of aromatic nitrogens is 1. The van der Waals surface area contributed by atoms with E-state index < -0.39 is 5.60 Å². The Bertz CT molecular complexity index is 631. The van der Waals surface area contributed by atoms with Crippen molar-refractivity contribution in [3.63, 3.8) is 0 Å². The molecular formula is C16H18N2O2S. The Hall–Kier alpha value is -1.72. The molecule has 1 saturated heterocycles. The van der Waals surface area contributed by atoms with Gasteiger partial charge in [0.25, 0.3) is 5.91 Å². The third-order valence-electron chi connectivity index (χ3n) is 3.99. The molecular weight excluding hydrogens is 284 g/mol. The second kappa shape index (κ2) is 5.58. The number of nitrogens with zero attached hydrogens (tertiary/aromatic N) is 2. The SMILES string of the molecule is Cc1cc(C2(O)CCN(C(=O)c3ccccc3)CC2)sn1. The number of amides is 1. The van der Waals surface area contributed by atoms with Gasteiger partial charge in [-0.3, -0.25) is 4.79 Å². The van der Waals surface area contributed by atoms with Crippen molar-refractivity contribution in [1.82, 2.24) is 9.27 Å². The second-order valence-electron chi connectivity index (χ2n) is 5.52. The van der Waals surface area contributed by atoms with Crippen molar-refractivity contribution >= 4 is 17.4 Å². The van der Waals surface area contributed by atoms with Crippen LogP contribution >= 0.6 is 11.5 Å². The summed E-state index contributed by atoms with van der Waals surface area (Å²) in [5.41, 5.74) is 0.808. The van der Waals surface area contributed by atoms with Crippen LogP contribution < -0.4 is 0 Å². The normalized spacial score (nSPS) is 17.7. The Morgan fingerprint density at radius 3 is 2.52 bits per heavy atom. The number of rotatable bonds is 2. The van der Waals surface area contributed by atoms with Gasteiger partial charge in [0, 0.05) is 18.7 Å². The number of aliphatic hydroxyl groups is 1. The Morgan fingerprint density at radius 1 is 1.29 bits per heavy atom. The molecule has 2 heterocycles. The van der Waals surface area contributed by atoms with Crippen molar-refractivity contribution in [3.8, 4) is 0 Å². The maximum absolute atomic E-state index is 12.4. The lowest BCUT2D eigenvalue weighted by Crippen LogP contribution is -2.44. The van der Waals surface area contributed by atoms with Gasteiger partial charge in [0.05, 0.1) is 10.6 Å². The van der Waals surface area contributed by atoms with Crippen LogP contribution in [0.1, 0.15) is 33.8 Å². The standard InChI is InChI=1S/C16H18N2O2S/c1-12-11-14(21-17-12)16(20)7-9-18(10-8-16)15(19)13-5-3-2-4-6-13/h2-6,11,20H,7-10H2,1H3. The second-order valence-corrected chi connectivity index (χ2v) is 6.33. The van der Waals surface area contributed by atoms with Gasteiger partial charge in [-0.25, -0.2) is 0 Å². The summed E-state index contributed by atoms with van der Waals surface area (Å²) >= 11 is 1.36. The molecule has 1 aromatic heterocycles. The minimum absolute atomic E-state index is 0.0399. The van der Waals surface area contributed by atoms with Crippen molar-refractivity contribution in [2.45, 2.75) is 25.4 Å². The zero-order chi connectivity index (χ0) is 14.9. The number of likely N-dealkylation sites (tertiary alicyclic amines) is 1. The number of carbonyl (C=O) groups is 1. The highest BCUT2D eigenvalue weighted by Crippen LogP contribution is 2.35. The first-order valence-corrected chi connectivity index (χ1v) is 7.86. The van der Waals surface area contributed by atoms with E-state index >= 15 is 0 Å². The molecule has 0 unspecified atom stereocenters. The molecule has 0 radical (unpaired) electrons. The summed E-state index contributed by atoms with van der Waals surface area (Å²) in [7, 11) is 0. The zero-order valence-electron chi connectivity index (χ0n) is 12.0. The highest BCUT2D eigenvalue weighted by atomic mass is 32.1. The van der Waals surface area contributed by atoms with Crippen LogP contribution in [0.5, 0.6) is 0 Å². The van der Waals surface area contributed by atoms with E-state index in [0.717, 1.165) is 10.6 Å². The molecule has 1 aromatic carbocycles. The minimum Gasteiger partial charge on any atom is -0.384 e. The summed E-state index contributed by atoms with van der Waals surface area (Å²) in [4.78, 5) is 15.1. The van der Waals surface area contributed by atoms with Crippen LogP contribution in [-0.4, -0.2) is 33.4 Å². The highest BCUT2D eigenvalue weighted by Gasteiger charge is 2.37. The minimum atomic E-state index is -0.834. The summed E-state index contributed by atoms with van der Waals surface area (Å²) in [5, 5.41) is 10.8. The molecule has 4 nitrogen and oxygen atoms in total. The van der Waals surface area contributed by atoms with Crippen molar-refractivity contribution in [3.05, 3.63) is 52.5 Å². The molecule has 1 aliphatic heterocycles. The Kier molecular flexibility index (Phi) is 3.78. The fraction of sp³-hybridized carbons (Fsp3) is 0.375. The first kappa shape index (κ1) is 14.2. The van der Waals surface area contributed by atoms with E-state index in [1.165, 1.54) is 11.5 Å². The van der Waals surface area contributed by atoms with Crippen molar-refractivity contribution in [2.75, 3.05) is 13.1 Å². The number of hydrogen-bond donors (Lipinski definition) is 1. The predicted molar refractivity (Wildman–Crippen MR) is 82.3 cm³/mol. The van der Waals surface area contributed by atoms with Gasteiger partial charge < -0.3 is 10.0 Å². The van der Waals surface area contributed by atoms with Crippen LogP contribution in [-0.2, 0) is 5.60 Å². The lowest BCUT2D eigenvalue weighted by molar-refractivity contribution is -0.0183. The molecule has 1 N–H and O–H groups in total. The third-order valence-corrected chi connectivity index (χ3v) is 5.06. The van der Waals surface area contributed by atoms with Crippen LogP contribution in [0.25, 0.3) is 0 Å². The van der Waals surface area contributed by atoms with Gasteiger partial charge in [0.15, 0.2) is 0 Å². The van der Waals surface area contributed by atoms with E-state index in [1.807, 2.05) is 48.2 Å². The molecule has 0 spiro atoms. The first-order chi connectivity index (χ1) is 10.1. The highest BCUT2D eigenvalue weighted by molar-refractivity contribution is 7.06. The lowest BCUT2D eigenvalue weighted by Gasteiger charge is -2.37. The van der Waals surface area contributed by atoms with E-state index in [9.17, 15) is 9.90 Å². The molecule has 21 heavy (non-hydrogen) atoms. The number of carbonyl (C=O) groups excluding carboxylic acids is 1. The average molecular weight is 302 g/mol. The van der Waals surface area contributed by atoms with Gasteiger partial charge in [-0.2, -0.15) is 4.37 Å². The lowest BCUT2D eigenvalue weighted by atomic mass is 9.89. The Labute approximate surface area is 128 Å². The van der Waals surface area contributed by atoms with E-state index in [4.69, 9.17) is 0 Å². The molecule has 5 heteroatoms. The third kappa shape index (κ3) is 2.84. The molecule has 110 valence electrons. The molecule has 1 amide bonds. The molecule has 0 atom stereocenters. The molecule has 2 aromatic rings. The van der Waals surface area contributed by atoms with Gasteiger partial charge >= 0.3 is 0 Å². The van der Waals surface area contributed by atoms with Crippen LogP contribution in [0.4, 0.5) is 0 Å². The van der Waals surface area contributed by atoms with E-state index in [2.05, 4.69) is 4.37 Å². The smallest absolute Gasteiger partial charge is 0.253 e. The number of piperidine rings is 1. The Balaban J connectivity index is 1.69. The quantitative estimate of drug-likeness (QED) is 0.927. The topological polar surface area (TPSA) is 53.4 Å². The summed E-state index contributed by atoms with van der Waals surface area (Å²) in [5.74, 6) is 0.0399. The molecule has 0 saturated carbocycles. The van der Waals surface area contributed by atoms with Crippen LogP contribution in [0.15, 0.2) is 36.4 Å². The monoisotopic (exact) mass is 302 g/mol. The van der Waals surface area contributed by atoms with Crippen molar-refractivity contribution < 1.29 is 9.90 Å². The largest absolute Gasteiger partial charge is 0.384 e. The summed E-state index contributed by atoms with van der Waals surface area (Å²) in [6, 6.07) is 11.2. The molecule has 0 bridgehead atoms. The number of benzene rings is 1.